The second kappa shape index (κ2) is 5.89. The number of anilines is 1. The van der Waals surface area contributed by atoms with Gasteiger partial charge in [-0.05, 0) is 30.5 Å². The molecule has 0 radical (unpaired) electrons. The van der Waals surface area contributed by atoms with Crippen molar-refractivity contribution in [2.24, 2.45) is 0 Å². The van der Waals surface area contributed by atoms with Crippen molar-refractivity contribution in [3.8, 4) is 0 Å². The first-order valence-electron chi connectivity index (χ1n) is 7.29. The van der Waals surface area contributed by atoms with E-state index < -0.39 is 9.84 Å². The van der Waals surface area contributed by atoms with Gasteiger partial charge in [0.1, 0.15) is 4.32 Å². The molecule has 2 atom stereocenters. The number of hydrogen-bond donors (Lipinski definition) is 0. The van der Waals surface area contributed by atoms with Crippen molar-refractivity contribution in [3.05, 3.63) is 29.8 Å². The van der Waals surface area contributed by atoms with Crippen LogP contribution in [0.25, 0.3) is 0 Å². The SMILES string of the molecule is CCCCc1ccc(N2C(=S)S[C@@H]3CS(=O)(=O)C[C@@H]32)cc1. The number of fused-ring (bicyclic) bond motifs is 1. The lowest BCUT2D eigenvalue weighted by atomic mass is 10.1. The predicted molar refractivity (Wildman–Crippen MR) is 94.0 cm³/mol. The maximum absolute atomic E-state index is 11.8. The number of hydrogen-bond acceptors (Lipinski definition) is 4. The Labute approximate surface area is 136 Å². The zero-order valence-corrected chi connectivity index (χ0v) is 14.4. The standard InChI is InChI=1S/C15H19NO2S3/c1-2-3-4-11-5-7-12(8-6-11)16-13-9-21(17,18)10-14(13)20-15(16)19/h5-8,13-14H,2-4,9-10H2,1H3/t13-,14+/m0/s1. The molecule has 2 fully saturated rings. The molecule has 0 N–H and O–H groups in total. The van der Waals surface area contributed by atoms with E-state index in [4.69, 9.17) is 12.2 Å². The largest absolute Gasteiger partial charge is 0.322 e. The topological polar surface area (TPSA) is 37.4 Å². The zero-order valence-electron chi connectivity index (χ0n) is 12.0. The van der Waals surface area contributed by atoms with Gasteiger partial charge in [-0.3, -0.25) is 0 Å². The summed E-state index contributed by atoms with van der Waals surface area (Å²) in [4.78, 5) is 2.04. The van der Waals surface area contributed by atoms with E-state index >= 15 is 0 Å². The van der Waals surface area contributed by atoms with E-state index in [1.165, 1.54) is 30.2 Å². The van der Waals surface area contributed by atoms with Crippen molar-refractivity contribution >= 4 is 43.8 Å². The predicted octanol–water partition coefficient (Wildman–Crippen LogP) is 3.03. The molecule has 0 spiro atoms. The summed E-state index contributed by atoms with van der Waals surface area (Å²) < 4.78 is 24.4. The van der Waals surface area contributed by atoms with Crippen molar-refractivity contribution in [1.29, 1.82) is 0 Å². The molecule has 0 unspecified atom stereocenters. The summed E-state index contributed by atoms with van der Waals surface area (Å²) in [5, 5.41) is 0.0993. The van der Waals surface area contributed by atoms with Gasteiger partial charge in [-0.1, -0.05) is 49.5 Å². The summed E-state index contributed by atoms with van der Waals surface area (Å²) in [5.74, 6) is 0.482. The van der Waals surface area contributed by atoms with E-state index in [1.54, 1.807) is 0 Å². The van der Waals surface area contributed by atoms with E-state index in [0.29, 0.717) is 0 Å². The molecule has 6 heteroatoms. The van der Waals surface area contributed by atoms with Crippen LogP contribution in [0.3, 0.4) is 0 Å². The number of rotatable bonds is 4. The van der Waals surface area contributed by atoms with Gasteiger partial charge in [-0.15, -0.1) is 0 Å². The van der Waals surface area contributed by atoms with Gasteiger partial charge in [0, 0.05) is 10.9 Å². The van der Waals surface area contributed by atoms with Crippen LogP contribution in [0.2, 0.25) is 0 Å². The summed E-state index contributed by atoms with van der Waals surface area (Å²) in [6.07, 6.45) is 3.48. The molecule has 0 amide bonds. The van der Waals surface area contributed by atoms with E-state index in [9.17, 15) is 8.42 Å². The fraction of sp³-hybridized carbons (Fsp3) is 0.533. The average Bonchev–Trinajstić information content (AvgIpc) is 2.87. The van der Waals surface area contributed by atoms with Gasteiger partial charge in [-0.2, -0.15) is 0 Å². The Kier molecular flexibility index (Phi) is 4.30. The van der Waals surface area contributed by atoms with Crippen LogP contribution < -0.4 is 4.90 Å². The third kappa shape index (κ3) is 3.12. The minimum atomic E-state index is -2.91. The van der Waals surface area contributed by atoms with Crippen LogP contribution in [0.1, 0.15) is 25.3 Å². The molecule has 0 aliphatic carbocycles. The molecule has 2 aliphatic heterocycles. The number of nitrogens with zero attached hydrogens (tertiary/aromatic N) is 1. The highest BCUT2D eigenvalue weighted by Gasteiger charge is 2.48. The van der Waals surface area contributed by atoms with Gasteiger partial charge in [0.2, 0.25) is 0 Å². The maximum atomic E-state index is 11.8. The molecule has 2 saturated heterocycles. The quantitative estimate of drug-likeness (QED) is 0.787. The molecule has 0 aromatic heterocycles. The molecule has 0 saturated carbocycles. The molecule has 114 valence electrons. The summed E-state index contributed by atoms with van der Waals surface area (Å²) in [6, 6.07) is 8.43. The van der Waals surface area contributed by atoms with Crippen LogP contribution in [-0.4, -0.2) is 35.5 Å². The minimum Gasteiger partial charge on any atom is -0.322 e. The van der Waals surface area contributed by atoms with Gasteiger partial charge in [0.25, 0.3) is 0 Å². The average molecular weight is 342 g/mol. The second-order valence-corrected chi connectivity index (χ2v) is 9.73. The Morgan fingerprint density at radius 2 is 2.00 bits per heavy atom. The lowest BCUT2D eigenvalue weighted by Crippen LogP contribution is -2.36. The number of sulfone groups is 1. The smallest absolute Gasteiger partial charge is 0.153 e. The summed E-state index contributed by atoms with van der Waals surface area (Å²) in [7, 11) is -2.91. The summed E-state index contributed by atoms with van der Waals surface area (Å²) >= 11 is 6.99. The van der Waals surface area contributed by atoms with Crippen molar-refractivity contribution in [3.63, 3.8) is 0 Å². The lowest BCUT2D eigenvalue weighted by Gasteiger charge is -2.24. The minimum absolute atomic E-state index is 0.00833. The molecule has 3 rings (SSSR count). The Morgan fingerprint density at radius 1 is 1.29 bits per heavy atom. The molecule has 2 heterocycles. The lowest BCUT2D eigenvalue weighted by molar-refractivity contribution is 0.601. The molecule has 2 aliphatic rings. The summed E-state index contributed by atoms with van der Waals surface area (Å²) in [6.45, 7) is 2.19. The molecular formula is C15H19NO2S3. The van der Waals surface area contributed by atoms with Crippen LogP contribution in [0.15, 0.2) is 24.3 Å². The van der Waals surface area contributed by atoms with E-state index in [-0.39, 0.29) is 22.8 Å². The van der Waals surface area contributed by atoms with E-state index in [1.807, 2.05) is 4.90 Å². The third-order valence-electron chi connectivity index (χ3n) is 4.09. The van der Waals surface area contributed by atoms with E-state index in [0.717, 1.165) is 16.4 Å². The zero-order chi connectivity index (χ0) is 15.0. The number of benzene rings is 1. The molecule has 0 bridgehead atoms. The highest BCUT2D eigenvalue weighted by atomic mass is 32.2. The monoisotopic (exact) mass is 341 g/mol. The summed E-state index contributed by atoms with van der Waals surface area (Å²) in [5.41, 5.74) is 2.35. The third-order valence-corrected chi connectivity index (χ3v) is 7.68. The Bertz CT molecular complexity index is 639. The Balaban J connectivity index is 1.81. The number of thiocarbonyl (C=S) groups is 1. The molecule has 1 aromatic rings. The van der Waals surface area contributed by atoms with Gasteiger partial charge in [0.15, 0.2) is 9.84 Å². The van der Waals surface area contributed by atoms with E-state index in [2.05, 4.69) is 31.2 Å². The Hall–Kier alpha value is -0.590. The molecular weight excluding hydrogens is 322 g/mol. The van der Waals surface area contributed by atoms with Gasteiger partial charge < -0.3 is 4.90 Å². The van der Waals surface area contributed by atoms with Crippen LogP contribution in [0.4, 0.5) is 5.69 Å². The normalized spacial score (nSPS) is 27.1. The first-order valence-corrected chi connectivity index (χ1v) is 10.4. The second-order valence-electron chi connectivity index (χ2n) is 5.71. The van der Waals surface area contributed by atoms with Gasteiger partial charge >= 0.3 is 0 Å². The van der Waals surface area contributed by atoms with Crippen LogP contribution in [0.5, 0.6) is 0 Å². The van der Waals surface area contributed by atoms with Gasteiger partial charge in [0.05, 0.1) is 17.5 Å². The molecule has 3 nitrogen and oxygen atoms in total. The number of unbranched alkanes of at least 4 members (excludes halogenated alkanes) is 1. The first kappa shape index (κ1) is 15.3. The van der Waals surface area contributed by atoms with Crippen LogP contribution >= 0.6 is 24.0 Å². The number of thioether (sulfide) groups is 1. The highest BCUT2D eigenvalue weighted by molar-refractivity contribution is 8.24. The van der Waals surface area contributed by atoms with Crippen molar-refractivity contribution < 1.29 is 8.42 Å². The van der Waals surface area contributed by atoms with Gasteiger partial charge in [-0.25, -0.2) is 8.42 Å². The number of aryl methyl sites for hydroxylation is 1. The first-order chi connectivity index (χ1) is 10.00. The highest BCUT2D eigenvalue weighted by Crippen LogP contribution is 2.40. The fourth-order valence-corrected chi connectivity index (χ4v) is 7.35. The van der Waals surface area contributed by atoms with Crippen LogP contribution in [0, 0.1) is 0 Å². The Morgan fingerprint density at radius 3 is 2.67 bits per heavy atom. The maximum Gasteiger partial charge on any atom is 0.153 e. The fourth-order valence-electron chi connectivity index (χ4n) is 2.97. The molecule has 21 heavy (non-hydrogen) atoms. The molecule has 1 aromatic carbocycles. The van der Waals surface area contributed by atoms with Crippen LogP contribution in [-0.2, 0) is 16.3 Å². The van der Waals surface area contributed by atoms with Crippen molar-refractivity contribution in [2.45, 2.75) is 37.5 Å². The van der Waals surface area contributed by atoms with Crippen molar-refractivity contribution in [1.82, 2.24) is 0 Å². The van der Waals surface area contributed by atoms with Crippen molar-refractivity contribution in [2.75, 3.05) is 16.4 Å².